The molecule has 0 fully saturated rings. The Hall–Kier alpha value is -2.98. The Labute approximate surface area is 255 Å². The number of hydrogen-bond acceptors (Lipinski definition) is 9. The molecular weight excluding hydrogens is 575 g/mol. The second kappa shape index (κ2) is 14.2. The fourth-order valence-electron chi connectivity index (χ4n) is 3.82. The first kappa shape index (κ1) is 36.2. The first-order chi connectivity index (χ1) is 19.6. The second-order valence-corrected chi connectivity index (χ2v) is 15.2. The van der Waals surface area contributed by atoms with Gasteiger partial charge in [-0.05, 0) is 99.3 Å². The maximum absolute atomic E-state index is 13.7. The molecule has 0 saturated carbocycles. The van der Waals surface area contributed by atoms with E-state index in [4.69, 9.17) is 23.0 Å². The minimum absolute atomic E-state index is 0.148. The van der Waals surface area contributed by atoms with Crippen molar-refractivity contribution in [2.45, 2.75) is 111 Å². The lowest BCUT2D eigenvalue weighted by Gasteiger charge is -2.35. The molecule has 0 aromatic heterocycles. The van der Waals surface area contributed by atoms with Crippen LogP contribution in [0.15, 0.2) is 48.5 Å². The average molecular weight is 623 g/mol. The van der Waals surface area contributed by atoms with Gasteiger partial charge in [0.25, 0.3) is 0 Å². The smallest absolute Gasteiger partial charge is 0.475 e. The van der Waals surface area contributed by atoms with E-state index < -0.39 is 41.2 Å². The van der Waals surface area contributed by atoms with Gasteiger partial charge in [0.05, 0.1) is 28.3 Å². The van der Waals surface area contributed by atoms with Gasteiger partial charge in [-0.3, -0.25) is 23.7 Å². The average Bonchev–Trinajstić information content (AvgIpc) is 2.82. The van der Waals surface area contributed by atoms with Gasteiger partial charge in [0.1, 0.15) is 12.2 Å². The molecule has 240 valence electrons. The van der Waals surface area contributed by atoms with Gasteiger partial charge in [0.2, 0.25) is 0 Å². The van der Waals surface area contributed by atoms with Crippen molar-refractivity contribution in [3.8, 4) is 5.75 Å². The standard InChI is InChI=1S/C31H47N2O9P/c1-28(2,3)40-27(34)32-31(10,22-39-43(37,41-29(4,5)6)42-30(7,8)9)19-18-23-16-17-26(25(20-23)33(35)36)38-21-24-14-12-11-13-15-24/h11-17,20H,18-19,21-22H2,1-10H3,(H,32,34)/t31-/m1/s1. The van der Waals surface area contributed by atoms with Gasteiger partial charge in [-0.15, -0.1) is 0 Å². The van der Waals surface area contributed by atoms with E-state index in [9.17, 15) is 19.5 Å². The normalized spacial score (nSPS) is 14.1. The molecule has 0 unspecified atom stereocenters. The zero-order valence-electron chi connectivity index (χ0n) is 27.0. The number of aryl methyl sites for hydroxylation is 1. The Balaban J connectivity index is 2.29. The maximum atomic E-state index is 13.7. The zero-order valence-corrected chi connectivity index (χ0v) is 27.9. The van der Waals surface area contributed by atoms with Crippen LogP contribution in [-0.2, 0) is 35.9 Å². The topological polar surface area (TPSA) is 135 Å². The summed E-state index contributed by atoms with van der Waals surface area (Å²) in [7, 11) is -4.10. The molecule has 1 N–H and O–H groups in total. The Morgan fingerprint density at radius 1 is 0.860 bits per heavy atom. The summed E-state index contributed by atoms with van der Waals surface area (Å²) in [5, 5.41) is 14.7. The predicted molar refractivity (Wildman–Crippen MR) is 165 cm³/mol. The molecule has 0 aliphatic rings. The van der Waals surface area contributed by atoms with Crippen molar-refractivity contribution in [1.82, 2.24) is 5.32 Å². The lowest BCUT2D eigenvalue weighted by molar-refractivity contribution is -0.386. The number of nitro benzene ring substituents is 1. The predicted octanol–water partition coefficient (Wildman–Crippen LogP) is 8.14. The Kier molecular flexibility index (Phi) is 12.0. The summed E-state index contributed by atoms with van der Waals surface area (Å²) in [6, 6.07) is 14.1. The third-order valence-electron chi connectivity index (χ3n) is 5.54. The van der Waals surface area contributed by atoms with Crippen molar-refractivity contribution in [2.24, 2.45) is 0 Å². The third kappa shape index (κ3) is 13.9. The lowest BCUT2D eigenvalue weighted by Crippen LogP contribution is -2.51. The Morgan fingerprint density at radius 3 is 1.95 bits per heavy atom. The van der Waals surface area contributed by atoms with Crippen molar-refractivity contribution >= 4 is 19.6 Å². The highest BCUT2D eigenvalue weighted by molar-refractivity contribution is 7.48. The van der Waals surface area contributed by atoms with E-state index in [2.05, 4.69) is 5.32 Å². The number of hydrogen-bond donors (Lipinski definition) is 1. The van der Waals surface area contributed by atoms with Crippen LogP contribution in [0.5, 0.6) is 5.75 Å². The molecule has 0 aliphatic heterocycles. The van der Waals surface area contributed by atoms with E-state index in [1.54, 1.807) is 81.4 Å². The number of nitro groups is 1. The van der Waals surface area contributed by atoms with Crippen molar-refractivity contribution in [1.29, 1.82) is 0 Å². The minimum Gasteiger partial charge on any atom is -0.482 e. The SMILES string of the molecule is CC(C)(C)OC(=O)N[C@](C)(CCc1ccc(OCc2ccccc2)c([N+](=O)[O-])c1)COP(=O)(OC(C)(C)C)OC(C)(C)C. The number of carbonyl (C=O) groups is 1. The molecule has 2 aromatic carbocycles. The fourth-order valence-corrected chi connectivity index (χ4v) is 5.75. The summed E-state index contributed by atoms with van der Waals surface area (Å²) in [5.74, 6) is 0.148. The van der Waals surface area contributed by atoms with Gasteiger partial charge in [0.15, 0.2) is 5.75 Å². The number of alkyl carbamates (subject to hydrolysis) is 1. The van der Waals surface area contributed by atoms with Gasteiger partial charge < -0.3 is 14.8 Å². The molecule has 0 saturated heterocycles. The molecule has 0 heterocycles. The number of rotatable bonds is 13. The minimum atomic E-state index is -4.10. The number of amides is 1. The molecule has 43 heavy (non-hydrogen) atoms. The van der Waals surface area contributed by atoms with Crippen molar-refractivity contribution in [3.63, 3.8) is 0 Å². The quantitative estimate of drug-likeness (QED) is 0.133. The van der Waals surface area contributed by atoms with Crippen LogP contribution in [0.25, 0.3) is 0 Å². The number of nitrogens with one attached hydrogen (secondary N) is 1. The van der Waals surface area contributed by atoms with Crippen LogP contribution in [0.1, 0.15) is 86.8 Å². The van der Waals surface area contributed by atoms with Crippen LogP contribution in [0.4, 0.5) is 10.5 Å². The highest BCUT2D eigenvalue weighted by Gasteiger charge is 2.40. The van der Waals surface area contributed by atoms with Crippen molar-refractivity contribution in [2.75, 3.05) is 6.61 Å². The number of benzene rings is 2. The van der Waals surface area contributed by atoms with E-state index in [0.29, 0.717) is 12.0 Å². The van der Waals surface area contributed by atoms with Crippen LogP contribution in [0, 0.1) is 10.1 Å². The number of phosphoric acid groups is 1. The monoisotopic (exact) mass is 622 g/mol. The number of phosphoric ester groups is 1. The summed E-state index contributed by atoms with van der Waals surface area (Å²) >= 11 is 0. The molecular formula is C31H47N2O9P. The van der Waals surface area contributed by atoms with Crippen LogP contribution in [0.3, 0.4) is 0 Å². The molecule has 2 aromatic rings. The molecule has 1 amide bonds. The van der Waals surface area contributed by atoms with Crippen LogP contribution in [-0.4, -0.2) is 40.0 Å². The molecule has 2 rings (SSSR count). The van der Waals surface area contributed by atoms with Gasteiger partial charge in [0, 0.05) is 6.07 Å². The van der Waals surface area contributed by atoms with E-state index in [1.807, 2.05) is 30.3 Å². The second-order valence-electron chi connectivity index (χ2n) is 13.6. The zero-order chi connectivity index (χ0) is 32.7. The molecule has 0 aliphatic carbocycles. The number of carbonyl (C=O) groups excluding carboxylic acids is 1. The number of ether oxygens (including phenoxy) is 2. The molecule has 1 atom stereocenters. The summed E-state index contributed by atoms with van der Waals surface area (Å²) < 4.78 is 42.2. The highest BCUT2D eigenvalue weighted by Crippen LogP contribution is 2.55. The highest BCUT2D eigenvalue weighted by atomic mass is 31.2. The van der Waals surface area contributed by atoms with Gasteiger partial charge in [-0.25, -0.2) is 9.36 Å². The Bertz CT molecular complexity index is 1260. The Morgan fingerprint density at radius 2 is 1.44 bits per heavy atom. The first-order valence-corrected chi connectivity index (χ1v) is 15.6. The lowest BCUT2D eigenvalue weighted by atomic mass is 9.94. The number of nitrogens with zero attached hydrogens (tertiary/aromatic N) is 1. The third-order valence-corrected chi connectivity index (χ3v) is 7.53. The van der Waals surface area contributed by atoms with Gasteiger partial charge >= 0.3 is 19.6 Å². The summed E-state index contributed by atoms with van der Waals surface area (Å²) in [5.41, 5.74) is -2.24. The molecule has 0 bridgehead atoms. The van der Waals surface area contributed by atoms with Crippen LogP contribution < -0.4 is 10.1 Å². The summed E-state index contributed by atoms with van der Waals surface area (Å²) in [6.45, 7) is 17.2. The molecule has 0 radical (unpaired) electrons. The van der Waals surface area contributed by atoms with E-state index in [-0.39, 0.29) is 31.1 Å². The maximum Gasteiger partial charge on any atom is 0.475 e. The summed E-state index contributed by atoms with van der Waals surface area (Å²) in [4.78, 5) is 24.2. The van der Waals surface area contributed by atoms with Crippen molar-refractivity contribution < 1.29 is 37.3 Å². The van der Waals surface area contributed by atoms with Gasteiger partial charge in [-0.2, -0.15) is 0 Å². The largest absolute Gasteiger partial charge is 0.482 e. The fraction of sp³-hybridized carbons (Fsp3) is 0.581. The van der Waals surface area contributed by atoms with Gasteiger partial charge in [-0.1, -0.05) is 36.4 Å². The molecule has 11 nitrogen and oxygen atoms in total. The van der Waals surface area contributed by atoms with E-state index >= 15 is 0 Å². The van der Waals surface area contributed by atoms with Crippen molar-refractivity contribution in [3.05, 3.63) is 69.8 Å². The first-order valence-electron chi connectivity index (χ1n) is 14.2. The van der Waals surface area contributed by atoms with Crippen LogP contribution in [0.2, 0.25) is 0 Å². The van der Waals surface area contributed by atoms with E-state index in [1.165, 1.54) is 6.07 Å². The van der Waals surface area contributed by atoms with Crippen LogP contribution >= 0.6 is 7.82 Å². The molecule has 12 heteroatoms. The molecule has 0 spiro atoms. The summed E-state index contributed by atoms with van der Waals surface area (Å²) in [6.07, 6.45) is -0.142. The van der Waals surface area contributed by atoms with E-state index in [0.717, 1.165) is 5.56 Å².